The first kappa shape index (κ1) is 21.2. The number of carbonyl (C=O) groups is 1. The van der Waals surface area contributed by atoms with Crippen molar-refractivity contribution in [3.05, 3.63) is 53.8 Å². The molecule has 3 rings (SSSR count). The van der Waals surface area contributed by atoms with Gasteiger partial charge in [-0.15, -0.1) is 0 Å². The minimum Gasteiger partial charge on any atom is -0.492 e. The number of carbonyl (C=O) groups excluding carboxylic acids is 1. The summed E-state index contributed by atoms with van der Waals surface area (Å²) in [6.45, 7) is 1.66. The molecule has 0 aromatic heterocycles. The minimum atomic E-state index is -4.07. The summed E-state index contributed by atoms with van der Waals surface area (Å²) >= 11 is 0. The third-order valence-electron chi connectivity index (χ3n) is 4.66. The van der Waals surface area contributed by atoms with Gasteiger partial charge in [-0.25, -0.2) is 17.9 Å². The summed E-state index contributed by atoms with van der Waals surface area (Å²) in [6, 6.07) is 10.2. The average molecular weight is 422 g/mol. The lowest BCUT2D eigenvalue weighted by molar-refractivity contribution is -0.115. The maximum Gasteiger partial charge on any atom is 0.241 e. The van der Waals surface area contributed by atoms with Gasteiger partial charge < -0.3 is 14.8 Å². The van der Waals surface area contributed by atoms with Crippen molar-refractivity contribution in [2.45, 2.75) is 24.2 Å². The number of nitrogens with one attached hydrogen (secondary N) is 1. The Balaban J connectivity index is 1.71. The highest BCUT2D eigenvalue weighted by atomic mass is 32.2. The molecule has 0 atom stereocenters. The summed E-state index contributed by atoms with van der Waals surface area (Å²) < 4.78 is 48.7. The fourth-order valence-electron chi connectivity index (χ4n) is 3.07. The predicted molar refractivity (Wildman–Crippen MR) is 106 cm³/mol. The summed E-state index contributed by atoms with van der Waals surface area (Å²) in [6.07, 6.45) is 1.50. The number of halogens is 1. The number of sulfonamides is 1. The molecule has 3 N–H and O–H groups in total. The van der Waals surface area contributed by atoms with Gasteiger partial charge in [-0.2, -0.15) is 0 Å². The Morgan fingerprint density at radius 1 is 1.21 bits per heavy atom. The van der Waals surface area contributed by atoms with E-state index in [4.69, 9.17) is 14.6 Å². The summed E-state index contributed by atoms with van der Waals surface area (Å²) in [7, 11) is -4.07. The lowest BCUT2D eigenvalue weighted by Crippen LogP contribution is -2.22. The van der Waals surface area contributed by atoms with E-state index in [1.54, 1.807) is 6.07 Å². The standard InChI is InChI=1S/C20H23FN2O5S/c21-17-4-2-1-3-15(17)11-20(24)23-16-5-6-18(19(12-16)29(22,25)26)28-13-14-7-9-27-10-8-14/h1-6,12,14H,7-11,13H2,(H,23,24)(H2,22,25,26). The summed E-state index contributed by atoms with van der Waals surface area (Å²) in [4.78, 5) is 12.0. The van der Waals surface area contributed by atoms with Crippen LogP contribution in [0.25, 0.3) is 0 Å². The van der Waals surface area contributed by atoms with Gasteiger partial charge in [0.15, 0.2) is 0 Å². The van der Waals surface area contributed by atoms with Gasteiger partial charge in [0.1, 0.15) is 16.5 Å². The molecule has 0 unspecified atom stereocenters. The fraction of sp³-hybridized carbons (Fsp3) is 0.350. The highest BCUT2D eigenvalue weighted by Gasteiger charge is 2.20. The van der Waals surface area contributed by atoms with Crippen LogP contribution in [0.3, 0.4) is 0 Å². The second-order valence-corrected chi connectivity index (χ2v) is 8.42. The van der Waals surface area contributed by atoms with Crippen molar-refractivity contribution in [1.29, 1.82) is 0 Å². The largest absolute Gasteiger partial charge is 0.492 e. The van der Waals surface area contributed by atoms with E-state index in [9.17, 15) is 17.6 Å². The van der Waals surface area contributed by atoms with Crippen molar-refractivity contribution >= 4 is 21.6 Å². The smallest absolute Gasteiger partial charge is 0.241 e. The van der Waals surface area contributed by atoms with E-state index in [2.05, 4.69) is 5.32 Å². The Labute approximate surface area is 169 Å². The van der Waals surface area contributed by atoms with Crippen LogP contribution in [0.5, 0.6) is 5.75 Å². The normalized spacial score (nSPS) is 15.1. The molecular formula is C20H23FN2O5S. The molecule has 1 saturated heterocycles. The van der Waals surface area contributed by atoms with Crippen LogP contribution >= 0.6 is 0 Å². The number of primary sulfonamides is 1. The number of hydrogen-bond donors (Lipinski definition) is 2. The van der Waals surface area contributed by atoms with Gasteiger partial charge in [-0.3, -0.25) is 4.79 Å². The second-order valence-electron chi connectivity index (χ2n) is 6.89. The van der Waals surface area contributed by atoms with Crippen molar-refractivity contribution in [2.75, 3.05) is 25.1 Å². The Morgan fingerprint density at radius 3 is 2.62 bits per heavy atom. The maximum atomic E-state index is 13.7. The van der Waals surface area contributed by atoms with Gasteiger partial charge >= 0.3 is 0 Å². The number of nitrogens with two attached hydrogens (primary N) is 1. The number of anilines is 1. The van der Waals surface area contributed by atoms with Crippen LogP contribution in [0, 0.1) is 11.7 Å². The lowest BCUT2D eigenvalue weighted by atomic mass is 10.0. The molecular weight excluding hydrogens is 399 g/mol. The third-order valence-corrected chi connectivity index (χ3v) is 5.59. The zero-order valence-electron chi connectivity index (χ0n) is 15.8. The molecule has 2 aromatic rings. The first-order valence-electron chi connectivity index (χ1n) is 9.23. The zero-order valence-corrected chi connectivity index (χ0v) is 16.6. The first-order valence-corrected chi connectivity index (χ1v) is 10.8. The molecule has 0 radical (unpaired) electrons. The van der Waals surface area contributed by atoms with Crippen molar-refractivity contribution in [3.8, 4) is 5.75 Å². The Morgan fingerprint density at radius 2 is 1.93 bits per heavy atom. The molecule has 0 aliphatic carbocycles. The Hall–Kier alpha value is -2.49. The number of rotatable bonds is 7. The molecule has 1 heterocycles. The van der Waals surface area contributed by atoms with Crippen molar-refractivity contribution in [2.24, 2.45) is 11.1 Å². The number of amides is 1. The van der Waals surface area contributed by atoms with E-state index in [0.29, 0.717) is 19.8 Å². The second kappa shape index (κ2) is 9.34. The highest BCUT2D eigenvalue weighted by Crippen LogP contribution is 2.28. The summed E-state index contributed by atoms with van der Waals surface area (Å²) in [5.74, 6) is -0.556. The Kier molecular flexibility index (Phi) is 6.83. The van der Waals surface area contributed by atoms with Crippen LogP contribution in [0.1, 0.15) is 18.4 Å². The van der Waals surface area contributed by atoms with Crippen LogP contribution in [-0.2, 0) is 26.0 Å². The Bertz CT molecular complexity index is 975. The fourth-order valence-corrected chi connectivity index (χ4v) is 3.77. The van der Waals surface area contributed by atoms with Crippen LogP contribution in [0.2, 0.25) is 0 Å². The third kappa shape index (κ3) is 5.99. The van der Waals surface area contributed by atoms with Crippen molar-refractivity contribution < 1.29 is 27.1 Å². The molecule has 1 aliphatic heterocycles. The monoisotopic (exact) mass is 422 g/mol. The molecule has 2 aromatic carbocycles. The van der Waals surface area contributed by atoms with Crippen LogP contribution < -0.4 is 15.2 Å². The number of hydrogen-bond acceptors (Lipinski definition) is 5. The molecule has 1 aliphatic rings. The maximum absolute atomic E-state index is 13.7. The van der Waals surface area contributed by atoms with Gasteiger partial charge in [0, 0.05) is 18.9 Å². The van der Waals surface area contributed by atoms with Crippen molar-refractivity contribution in [3.63, 3.8) is 0 Å². The van der Waals surface area contributed by atoms with E-state index in [1.807, 2.05) is 0 Å². The molecule has 29 heavy (non-hydrogen) atoms. The zero-order chi connectivity index (χ0) is 20.9. The molecule has 0 saturated carbocycles. The van der Waals surface area contributed by atoms with Crippen LogP contribution in [0.15, 0.2) is 47.4 Å². The summed E-state index contributed by atoms with van der Waals surface area (Å²) in [5.41, 5.74) is 0.474. The number of ether oxygens (including phenoxy) is 2. The van der Waals surface area contributed by atoms with Gasteiger partial charge in [-0.1, -0.05) is 18.2 Å². The van der Waals surface area contributed by atoms with Gasteiger partial charge in [0.25, 0.3) is 0 Å². The SMILES string of the molecule is NS(=O)(=O)c1cc(NC(=O)Cc2ccccc2F)ccc1OCC1CCOCC1. The number of benzene rings is 2. The minimum absolute atomic E-state index is 0.131. The van der Waals surface area contributed by atoms with Gasteiger partial charge in [0.05, 0.1) is 13.0 Å². The molecule has 0 spiro atoms. The van der Waals surface area contributed by atoms with Crippen LogP contribution in [-0.4, -0.2) is 34.1 Å². The van der Waals surface area contributed by atoms with E-state index < -0.39 is 21.7 Å². The summed E-state index contributed by atoms with van der Waals surface area (Å²) in [5, 5.41) is 7.88. The van der Waals surface area contributed by atoms with Gasteiger partial charge in [0.2, 0.25) is 15.9 Å². The first-order chi connectivity index (χ1) is 13.8. The van der Waals surface area contributed by atoms with E-state index in [-0.39, 0.29) is 34.2 Å². The molecule has 1 amide bonds. The van der Waals surface area contributed by atoms with Crippen molar-refractivity contribution in [1.82, 2.24) is 0 Å². The van der Waals surface area contributed by atoms with E-state index in [1.165, 1.54) is 36.4 Å². The van der Waals surface area contributed by atoms with E-state index in [0.717, 1.165) is 12.8 Å². The van der Waals surface area contributed by atoms with E-state index >= 15 is 0 Å². The quantitative estimate of drug-likeness (QED) is 0.713. The molecule has 9 heteroatoms. The highest BCUT2D eigenvalue weighted by molar-refractivity contribution is 7.89. The average Bonchev–Trinajstić information content (AvgIpc) is 2.69. The van der Waals surface area contributed by atoms with Crippen LogP contribution in [0.4, 0.5) is 10.1 Å². The molecule has 7 nitrogen and oxygen atoms in total. The molecule has 156 valence electrons. The molecule has 0 bridgehead atoms. The topological polar surface area (TPSA) is 108 Å². The predicted octanol–water partition coefficient (Wildman–Crippen LogP) is 2.46. The lowest BCUT2D eigenvalue weighted by Gasteiger charge is -2.22. The van der Waals surface area contributed by atoms with Gasteiger partial charge in [-0.05, 0) is 48.6 Å². The molecule has 1 fully saturated rings.